The smallest absolute Gasteiger partial charge is 0.270 e. The Morgan fingerprint density at radius 3 is 2.56 bits per heavy atom. The van der Waals surface area contributed by atoms with Gasteiger partial charge in [-0.05, 0) is 61.0 Å². The van der Waals surface area contributed by atoms with Crippen LogP contribution in [0.5, 0.6) is 0 Å². The van der Waals surface area contributed by atoms with Crippen LogP contribution in [-0.4, -0.2) is 35.9 Å². The van der Waals surface area contributed by atoms with E-state index in [0.29, 0.717) is 41.7 Å². The summed E-state index contributed by atoms with van der Waals surface area (Å²) in [5.41, 5.74) is 2.38. The van der Waals surface area contributed by atoms with Gasteiger partial charge < -0.3 is 10.1 Å². The normalized spacial score (nSPS) is 10.8. The number of nitrogens with one attached hydrogen (secondary N) is 1. The third-order valence-corrected chi connectivity index (χ3v) is 4.22. The summed E-state index contributed by atoms with van der Waals surface area (Å²) in [5, 5.41) is 8.00. The van der Waals surface area contributed by atoms with Gasteiger partial charge in [-0.25, -0.2) is 9.07 Å². The lowest BCUT2D eigenvalue weighted by Crippen LogP contribution is -2.27. The van der Waals surface area contributed by atoms with Gasteiger partial charge in [0.1, 0.15) is 11.5 Å². The SMILES string of the molecule is COCCCNC(=O)c1cc(-c2ccc(F)cc2)nn1-c1ccc(Cl)cc1. The van der Waals surface area contributed by atoms with Gasteiger partial charge in [-0.15, -0.1) is 0 Å². The molecule has 1 amide bonds. The van der Waals surface area contributed by atoms with Crippen LogP contribution in [0.2, 0.25) is 5.02 Å². The Morgan fingerprint density at radius 2 is 1.89 bits per heavy atom. The molecular formula is C20H19ClFN3O2. The van der Waals surface area contributed by atoms with Crippen LogP contribution in [0.4, 0.5) is 4.39 Å². The highest BCUT2D eigenvalue weighted by Gasteiger charge is 2.17. The minimum Gasteiger partial charge on any atom is -0.385 e. The van der Waals surface area contributed by atoms with Crippen molar-refractivity contribution in [1.82, 2.24) is 15.1 Å². The number of benzene rings is 2. The number of rotatable bonds is 7. The van der Waals surface area contributed by atoms with Crippen LogP contribution in [-0.2, 0) is 4.74 Å². The number of aromatic nitrogens is 2. The van der Waals surface area contributed by atoms with Crippen LogP contribution in [0.1, 0.15) is 16.9 Å². The Bertz CT molecular complexity index is 908. The largest absolute Gasteiger partial charge is 0.385 e. The van der Waals surface area contributed by atoms with E-state index in [1.165, 1.54) is 12.1 Å². The van der Waals surface area contributed by atoms with Crippen LogP contribution in [0.25, 0.3) is 16.9 Å². The summed E-state index contributed by atoms with van der Waals surface area (Å²) in [6.45, 7) is 1.06. The van der Waals surface area contributed by atoms with Gasteiger partial charge >= 0.3 is 0 Å². The predicted molar refractivity (Wildman–Crippen MR) is 103 cm³/mol. The van der Waals surface area contributed by atoms with Crippen molar-refractivity contribution in [2.45, 2.75) is 6.42 Å². The first kappa shape index (κ1) is 19.1. The summed E-state index contributed by atoms with van der Waals surface area (Å²) >= 11 is 5.96. The molecule has 0 saturated carbocycles. The molecule has 1 heterocycles. The third-order valence-electron chi connectivity index (χ3n) is 3.96. The van der Waals surface area contributed by atoms with E-state index < -0.39 is 0 Å². The molecule has 0 fully saturated rings. The standard InChI is InChI=1S/C20H19ClFN3O2/c1-27-12-2-11-23-20(26)19-13-18(14-3-7-16(22)8-4-14)24-25(19)17-9-5-15(21)6-10-17/h3-10,13H,2,11-12H2,1H3,(H,23,26). The zero-order valence-electron chi connectivity index (χ0n) is 14.8. The minimum absolute atomic E-state index is 0.248. The first-order valence-electron chi connectivity index (χ1n) is 8.47. The summed E-state index contributed by atoms with van der Waals surface area (Å²) in [6.07, 6.45) is 0.710. The van der Waals surface area contributed by atoms with E-state index >= 15 is 0 Å². The number of halogens is 2. The molecule has 0 spiro atoms. The highest BCUT2D eigenvalue weighted by Crippen LogP contribution is 2.23. The van der Waals surface area contributed by atoms with E-state index in [0.717, 1.165) is 5.56 Å². The molecule has 1 aromatic heterocycles. The van der Waals surface area contributed by atoms with Crippen molar-refractivity contribution in [3.8, 4) is 16.9 Å². The number of amides is 1. The Morgan fingerprint density at radius 1 is 1.19 bits per heavy atom. The van der Waals surface area contributed by atoms with Gasteiger partial charge in [0.25, 0.3) is 5.91 Å². The van der Waals surface area contributed by atoms with Gasteiger partial charge in [0.15, 0.2) is 0 Å². The number of hydrogen-bond donors (Lipinski definition) is 1. The van der Waals surface area contributed by atoms with Crippen molar-refractivity contribution in [1.29, 1.82) is 0 Å². The van der Waals surface area contributed by atoms with Gasteiger partial charge in [-0.1, -0.05) is 11.6 Å². The number of carbonyl (C=O) groups is 1. The van der Waals surface area contributed by atoms with E-state index in [4.69, 9.17) is 16.3 Å². The van der Waals surface area contributed by atoms with Crippen molar-refractivity contribution in [3.05, 3.63) is 71.1 Å². The maximum absolute atomic E-state index is 13.2. The van der Waals surface area contributed by atoms with E-state index in [-0.39, 0.29) is 11.7 Å². The minimum atomic E-state index is -0.327. The molecule has 140 valence electrons. The molecule has 0 aliphatic carbocycles. The summed E-state index contributed by atoms with van der Waals surface area (Å²) in [5.74, 6) is -0.575. The molecular weight excluding hydrogens is 369 g/mol. The van der Waals surface area contributed by atoms with Crippen LogP contribution in [0.15, 0.2) is 54.6 Å². The van der Waals surface area contributed by atoms with Crippen LogP contribution >= 0.6 is 11.6 Å². The van der Waals surface area contributed by atoms with Gasteiger partial charge in [0, 0.05) is 30.8 Å². The van der Waals surface area contributed by atoms with Gasteiger partial charge in [0.2, 0.25) is 0 Å². The van der Waals surface area contributed by atoms with E-state index in [2.05, 4.69) is 10.4 Å². The maximum atomic E-state index is 13.2. The summed E-state index contributed by atoms with van der Waals surface area (Å²) in [6, 6.07) is 14.7. The molecule has 0 atom stereocenters. The Kier molecular flexibility index (Phi) is 6.21. The van der Waals surface area contributed by atoms with Gasteiger partial charge in [-0.2, -0.15) is 5.10 Å². The first-order valence-corrected chi connectivity index (χ1v) is 8.85. The van der Waals surface area contributed by atoms with E-state index in [9.17, 15) is 9.18 Å². The van der Waals surface area contributed by atoms with Crippen LogP contribution in [0.3, 0.4) is 0 Å². The molecule has 0 aliphatic rings. The first-order chi connectivity index (χ1) is 13.1. The van der Waals surface area contributed by atoms with Crippen molar-refractivity contribution in [2.75, 3.05) is 20.3 Å². The fraction of sp³-hybridized carbons (Fsp3) is 0.200. The lowest BCUT2D eigenvalue weighted by molar-refractivity contribution is 0.0941. The average Bonchev–Trinajstić information content (AvgIpc) is 3.12. The number of nitrogens with zero attached hydrogens (tertiary/aromatic N) is 2. The van der Waals surface area contributed by atoms with Gasteiger partial charge in [-0.3, -0.25) is 4.79 Å². The van der Waals surface area contributed by atoms with Crippen molar-refractivity contribution >= 4 is 17.5 Å². The van der Waals surface area contributed by atoms with Gasteiger partial charge in [0.05, 0.1) is 11.4 Å². The zero-order chi connectivity index (χ0) is 19.2. The van der Waals surface area contributed by atoms with E-state index in [1.807, 2.05) is 0 Å². The lowest BCUT2D eigenvalue weighted by Gasteiger charge is -2.08. The number of ether oxygens (including phenoxy) is 1. The Labute approximate surface area is 161 Å². The monoisotopic (exact) mass is 387 g/mol. The second kappa shape index (κ2) is 8.79. The quantitative estimate of drug-likeness (QED) is 0.621. The molecule has 5 nitrogen and oxygen atoms in total. The van der Waals surface area contributed by atoms with Crippen molar-refractivity contribution < 1.29 is 13.9 Å². The fourth-order valence-electron chi connectivity index (χ4n) is 2.59. The fourth-order valence-corrected chi connectivity index (χ4v) is 2.72. The molecule has 2 aromatic carbocycles. The molecule has 0 bridgehead atoms. The molecule has 0 radical (unpaired) electrons. The van der Waals surface area contributed by atoms with Crippen LogP contribution in [0, 0.1) is 5.82 Å². The van der Waals surface area contributed by atoms with Crippen LogP contribution < -0.4 is 5.32 Å². The third kappa shape index (κ3) is 4.72. The average molecular weight is 388 g/mol. The molecule has 3 aromatic rings. The molecule has 0 aliphatic heterocycles. The zero-order valence-corrected chi connectivity index (χ0v) is 15.5. The summed E-state index contributed by atoms with van der Waals surface area (Å²) < 4.78 is 19.8. The number of hydrogen-bond acceptors (Lipinski definition) is 3. The molecule has 0 unspecified atom stereocenters. The van der Waals surface area contributed by atoms with Crippen molar-refractivity contribution in [2.24, 2.45) is 0 Å². The number of methoxy groups -OCH3 is 1. The molecule has 27 heavy (non-hydrogen) atoms. The second-order valence-corrected chi connectivity index (χ2v) is 6.35. The Balaban J connectivity index is 1.94. The van der Waals surface area contributed by atoms with E-state index in [1.54, 1.807) is 54.3 Å². The second-order valence-electron chi connectivity index (χ2n) is 5.91. The maximum Gasteiger partial charge on any atom is 0.270 e. The highest BCUT2D eigenvalue weighted by molar-refractivity contribution is 6.30. The highest BCUT2D eigenvalue weighted by atomic mass is 35.5. The number of carbonyl (C=O) groups excluding carboxylic acids is 1. The molecule has 3 rings (SSSR count). The Hall–Kier alpha value is -2.70. The molecule has 7 heteroatoms. The molecule has 0 saturated heterocycles. The topological polar surface area (TPSA) is 56.1 Å². The summed E-state index contributed by atoms with van der Waals surface area (Å²) in [4.78, 5) is 12.7. The lowest BCUT2D eigenvalue weighted by atomic mass is 10.1. The summed E-state index contributed by atoms with van der Waals surface area (Å²) in [7, 11) is 1.62. The van der Waals surface area contributed by atoms with Crippen molar-refractivity contribution in [3.63, 3.8) is 0 Å². The molecule has 1 N–H and O–H groups in total. The predicted octanol–water partition coefficient (Wildman–Crippen LogP) is 4.10.